The number of rotatable bonds is 7. The second-order valence-corrected chi connectivity index (χ2v) is 12.7. The van der Waals surface area contributed by atoms with E-state index in [9.17, 15) is 0 Å². The molecule has 128 valence electrons. The molecule has 0 aromatic heterocycles. The fraction of sp³-hybridized carbons (Fsp3) is 0.217. The molecule has 0 fully saturated rings. The molecule has 0 aliphatic rings. The Labute approximate surface area is 156 Å². The van der Waals surface area contributed by atoms with Gasteiger partial charge < -0.3 is 0 Å². The molecule has 2 heteroatoms. The van der Waals surface area contributed by atoms with Gasteiger partial charge in [-0.15, -0.1) is 0 Å². The van der Waals surface area contributed by atoms with Crippen LogP contribution in [0.2, 0.25) is 0 Å². The molecule has 0 spiro atoms. The number of hydrogen-bond donors (Lipinski definition) is 0. The Kier molecular flexibility index (Phi) is 6.34. The van der Waals surface area contributed by atoms with Crippen molar-refractivity contribution in [3.05, 3.63) is 91.0 Å². The SMILES string of the molecule is CC[S+](CC)C[P+](c1ccccc1)(c1ccccc1)c1ccccc1. The van der Waals surface area contributed by atoms with Crippen LogP contribution in [0.25, 0.3) is 0 Å². The molecule has 25 heavy (non-hydrogen) atoms. The molecule has 3 rings (SSSR count). The van der Waals surface area contributed by atoms with Crippen LogP contribution in [-0.2, 0) is 10.9 Å². The van der Waals surface area contributed by atoms with Crippen molar-refractivity contribution >= 4 is 34.1 Å². The molecule has 0 nitrogen and oxygen atoms in total. The molecular formula is C23H27PS+2. The number of hydrogen-bond acceptors (Lipinski definition) is 0. The minimum atomic E-state index is -1.63. The fourth-order valence-electron chi connectivity index (χ4n) is 3.38. The van der Waals surface area contributed by atoms with Crippen molar-refractivity contribution in [1.82, 2.24) is 0 Å². The summed E-state index contributed by atoms with van der Waals surface area (Å²) in [5, 5.41) is 4.52. The maximum Gasteiger partial charge on any atom is 0.222 e. The Morgan fingerprint density at radius 2 is 0.880 bits per heavy atom. The monoisotopic (exact) mass is 366 g/mol. The summed E-state index contributed by atoms with van der Waals surface area (Å²) >= 11 is 0. The van der Waals surface area contributed by atoms with Crippen LogP contribution in [0, 0.1) is 0 Å². The molecule has 0 aliphatic heterocycles. The smallest absolute Gasteiger partial charge is 0.0620 e. The highest BCUT2D eigenvalue weighted by Crippen LogP contribution is 2.56. The van der Waals surface area contributed by atoms with Gasteiger partial charge in [0.15, 0.2) is 7.26 Å². The van der Waals surface area contributed by atoms with Crippen molar-refractivity contribution in [2.24, 2.45) is 0 Å². The predicted octanol–water partition coefficient (Wildman–Crippen LogP) is 4.60. The molecular weight excluding hydrogens is 339 g/mol. The van der Waals surface area contributed by atoms with E-state index in [2.05, 4.69) is 105 Å². The molecule has 0 unspecified atom stereocenters. The summed E-state index contributed by atoms with van der Waals surface area (Å²) < 4.78 is 0. The largest absolute Gasteiger partial charge is 0.222 e. The molecule has 0 radical (unpaired) electrons. The summed E-state index contributed by atoms with van der Waals surface area (Å²) in [5.41, 5.74) is 1.28. The molecule has 0 bridgehead atoms. The van der Waals surface area contributed by atoms with Gasteiger partial charge in [0.05, 0.1) is 0 Å². The van der Waals surface area contributed by atoms with Gasteiger partial charge in [-0.3, -0.25) is 0 Å². The Morgan fingerprint density at radius 3 is 1.16 bits per heavy atom. The first-order chi connectivity index (χ1) is 12.3. The van der Waals surface area contributed by atoms with Gasteiger partial charge in [-0.2, -0.15) is 0 Å². The van der Waals surface area contributed by atoms with Crippen LogP contribution in [0.5, 0.6) is 0 Å². The van der Waals surface area contributed by atoms with E-state index in [0.29, 0.717) is 10.9 Å². The lowest BCUT2D eigenvalue weighted by atomic mass is 10.4. The van der Waals surface area contributed by atoms with Crippen LogP contribution in [0.3, 0.4) is 0 Å². The van der Waals surface area contributed by atoms with Crippen molar-refractivity contribution in [2.75, 3.05) is 17.0 Å². The van der Waals surface area contributed by atoms with E-state index < -0.39 is 7.26 Å². The van der Waals surface area contributed by atoms with E-state index in [0.717, 1.165) is 0 Å². The molecule has 0 amide bonds. The minimum absolute atomic E-state index is 0.440. The predicted molar refractivity (Wildman–Crippen MR) is 118 cm³/mol. The van der Waals surface area contributed by atoms with Crippen LogP contribution >= 0.6 is 7.26 Å². The normalized spacial score (nSPS) is 11.6. The summed E-state index contributed by atoms with van der Waals surface area (Å²) in [6.07, 6.45) is 0. The van der Waals surface area contributed by atoms with Crippen LogP contribution in [0.4, 0.5) is 0 Å². The highest BCUT2D eigenvalue weighted by atomic mass is 32.2. The lowest BCUT2D eigenvalue weighted by Gasteiger charge is -2.26. The van der Waals surface area contributed by atoms with E-state index in [1.807, 2.05) is 0 Å². The lowest BCUT2D eigenvalue weighted by Crippen LogP contribution is -2.36. The Balaban J connectivity index is 2.27. The average Bonchev–Trinajstić information content (AvgIpc) is 2.71. The third kappa shape index (κ3) is 3.84. The van der Waals surface area contributed by atoms with Crippen molar-refractivity contribution in [1.29, 1.82) is 0 Å². The van der Waals surface area contributed by atoms with Crippen molar-refractivity contribution in [3.8, 4) is 0 Å². The van der Waals surface area contributed by atoms with E-state index >= 15 is 0 Å². The molecule has 3 aromatic rings. The summed E-state index contributed by atoms with van der Waals surface area (Å²) in [6.45, 7) is 4.70. The zero-order chi connectivity index (χ0) is 17.5. The maximum absolute atomic E-state index is 2.35. The van der Waals surface area contributed by atoms with Gasteiger partial charge in [0.25, 0.3) is 0 Å². The maximum atomic E-state index is 2.35. The van der Waals surface area contributed by atoms with E-state index in [1.54, 1.807) is 0 Å². The summed E-state index contributed by atoms with van der Waals surface area (Å²) in [6, 6.07) is 33.7. The first kappa shape index (κ1) is 18.2. The standard InChI is InChI=1S/C23H27PS/c1-3-25(4-2)20-24(21-14-8-5-9-15-21,22-16-10-6-11-17-22)23-18-12-7-13-19-23/h5-19H,3-4,20H2,1-2H3/q+2. The van der Waals surface area contributed by atoms with Gasteiger partial charge in [0, 0.05) is 10.9 Å². The number of benzene rings is 3. The lowest BCUT2D eigenvalue weighted by molar-refractivity contribution is 1.43. The van der Waals surface area contributed by atoms with Crippen LogP contribution in [0.1, 0.15) is 13.8 Å². The van der Waals surface area contributed by atoms with Gasteiger partial charge in [0.1, 0.15) is 27.4 Å². The van der Waals surface area contributed by atoms with Crippen LogP contribution < -0.4 is 15.9 Å². The first-order valence-corrected chi connectivity index (χ1v) is 12.7. The molecule has 0 aliphatic carbocycles. The van der Waals surface area contributed by atoms with Gasteiger partial charge >= 0.3 is 0 Å². The van der Waals surface area contributed by atoms with E-state index in [1.165, 1.54) is 32.9 Å². The van der Waals surface area contributed by atoms with Crippen LogP contribution in [-0.4, -0.2) is 17.0 Å². The second-order valence-electron chi connectivity index (χ2n) is 6.14. The molecule has 0 heterocycles. The van der Waals surface area contributed by atoms with Crippen molar-refractivity contribution in [2.45, 2.75) is 13.8 Å². The second kappa shape index (κ2) is 8.70. The molecule has 0 N–H and O–H groups in total. The Hall–Kier alpha value is -1.56. The fourth-order valence-corrected chi connectivity index (χ4v) is 12.2. The third-order valence-corrected chi connectivity index (χ3v) is 13.0. The minimum Gasteiger partial charge on any atom is -0.0620 e. The molecule has 0 saturated carbocycles. The highest BCUT2D eigenvalue weighted by molar-refractivity contribution is 8.11. The topological polar surface area (TPSA) is 0 Å². The first-order valence-electron chi connectivity index (χ1n) is 9.00. The van der Waals surface area contributed by atoms with Crippen LogP contribution in [0.15, 0.2) is 91.0 Å². The summed E-state index contributed by atoms with van der Waals surface area (Å²) in [4.78, 5) is 0. The third-order valence-electron chi connectivity index (χ3n) is 4.78. The van der Waals surface area contributed by atoms with Crippen molar-refractivity contribution < 1.29 is 0 Å². The quantitative estimate of drug-likeness (QED) is 0.424. The summed E-state index contributed by atoms with van der Waals surface area (Å²) in [7, 11) is -1.19. The molecule has 3 aromatic carbocycles. The molecule has 0 saturated heterocycles. The molecule has 0 atom stereocenters. The van der Waals surface area contributed by atoms with Gasteiger partial charge in [-0.05, 0) is 50.2 Å². The average molecular weight is 367 g/mol. The Bertz CT molecular complexity index is 655. The zero-order valence-electron chi connectivity index (χ0n) is 15.1. The van der Waals surface area contributed by atoms with Crippen molar-refractivity contribution in [3.63, 3.8) is 0 Å². The van der Waals surface area contributed by atoms with Gasteiger partial charge in [0.2, 0.25) is 5.49 Å². The van der Waals surface area contributed by atoms with E-state index in [-0.39, 0.29) is 0 Å². The van der Waals surface area contributed by atoms with Gasteiger partial charge in [-0.25, -0.2) is 0 Å². The van der Waals surface area contributed by atoms with Gasteiger partial charge in [-0.1, -0.05) is 54.6 Å². The summed E-state index contributed by atoms with van der Waals surface area (Å²) in [5.74, 6) is 2.54. The highest BCUT2D eigenvalue weighted by Gasteiger charge is 2.50. The zero-order valence-corrected chi connectivity index (χ0v) is 16.8. The Morgan fingerprint density at radius 1 is 0.560 bits per heavy atom. The van der Waals surface area contributed by atoms with E-state index in [4.69, 9.17) is 0 Å².